The first-order valence-corrected chi connectivity index (χ1v) is 12.4. The van der Waals surface area contributed by atoms with Crippen LogP contribution in [-0.4, -0.2) is 23.8 Å². The van der Waals surface area contributed by atoms with E-state index < -0.39 is 5.92 Å². The Morgan fingerprint density at radius 3 is 2.62 bits per heavy atom. The first-order chi connectivity index (χ1) is 18.0. The van der Waals surface area contributed by atoms with E-state index >= 15 is 0 Å². The molecular weight excluding hydrogens is 466 g/mol. The average Bonchev–Trinajstić information content (AvgIpc) is 2.92. The molecule has 1 amide bonds. The van der Waals surface area contributed by atoms with E-state index in [-0.39, 0.29) is 11.7 Å². The van der Waals surface area contributed by atoms with Gasteiger partial charge in [-0.3, -0.25) is 9.59 Å². The van der Waals surface area contributed by atoms with Gasteiger partial charge in [-0.1, -0.05) is 42.5 Å². The van der Waals surface area contributed by atoms with Crippen LogP contribution >= 0.6 is 0 Å². The molecule has 0 radical (unpaired) electrons. The van der Waals surface area contributed by atoms with Crippen molar-refractivity contribution in [2.75, 3.05) is 12.4 Å². The number of ketones is 1. The number of methoxy groups -OCH3 is 1. The summed E-state index contributed by atoms with van der Waals surface area (Å²) in [5.74, 6) is 0.793. The van der Waals surface area contributed by atoms with Gasteiger partial charge in [0.1, 0.15) is 12.4 Å². The molecule has 7 heteroatoms. The van der Waals surface area contributed by atoms with Gasteiger partial charge in [-0.2, -0.15) is 0 Å². The first-order valence-electron chi connectivity index (χ1n) is 12.4. The zero-order valence-corrected chi connectivity index (χ0v) is 20.9. The lowest BCUT2D eigenvalue weighted by molar-refractivity contribution is -0.116. The van der Waals surface area contributed by atoms with Gasteiger partial charge in [0.05, 0.1) is 7.11 Å². The van der Waals surface area contributed by atoms with Crippen LogP contribution in [0.3, 0.4) is 0 Å². The van der Waals surface area contributed by atoms with Gasteiger partial charge in [0.2, 0.25) is 0 Å². The van der Waals surface area contributed by atoms with E-state index in [0.29, 0.717) is 41.5 Å². The molecule has 5 rings (SSSR count). The van der Waals surface area contributed by atoms with Crippen molar-refractivity contribution in [2.45, 2.75) is 38.7 Å². The van der Waals surface area contributed by atoms with Gasteiger partial charge in [-0.15, -0.1) is 0 Å². The van der Waals surface area contributed by atoms with Crippen LogP contribution in [0.1, 0.15) is 43.2 Å². The van der Waals surface area contributed by atoms with Crippen molar-refractivity contribution >= 4 is 17.5 Å². The molecule has 2 heterocycles. The first kappa shape index (κ1) is 24.3. The van der Waals surface area contributed by atoms with Gasteiger partial charge in [-0.25, -0.2) is 4.98 Å². The number of carbonyl (C=O) groups is 2. The van der Waals surface area contributed by atoms with Crippen LogP contribution < -0.4 is 20.1 Å². The van der Waals surface area contributed by atoms with E-state index in [1.807, 2.05) is 61.5 Å². The fraction of sp³-hybridized carbons (Fsp3) is 0.233. The smallest absolute Gasteiger partial charge is 0.255 e. The SMILES string of the molecule is COc1cc(C2C(C(=O)Nc3ccccn3)=C(C)NC3=C2C(=O)CCC3)ccc1OCc1ccccc1. The molecule has 0 saturated heterocycles. The molecule has 1 aromatic heterocycles. The van der Waals surface area contributed by atoms with Crippen molar-refractivity contribution in [3.8, 4) is 11.5 Å². The van der Waals surface area contributed by atoms with Crippen molar-refractivity contribution in [1.82, 2.24) is 10.3 Å². The van der Waals surface area contributed by atoms with Crippen LogP contribution in [0.15, 0.2) is 95.5 Å². The number of carbonyl (C=O) groups excluding carboxylic acids is 2. The number of hydrogen-bond acceptors (Lipinski definition) is 6. The Kier molecular flexibility index (Phi) is 7.03. The zero-order chi connectivity index (χ0) is 25.8. The van der Waals surface area contributed by atoms with Gasteiger partial charge in [0.25, 0.3) is 5.91 Å². The summed E-state index contributed by atoms with van der Waals surface area (Å²) in [5, 5.41) is 6.24. The van der Waals surface area contributed by atoms with Crippen molar-refractivity contribution in [3.63, 3.8) is 0 Å². The van der Waals surface area contributed by atoms with E-state index in [1.54, 1.807) is 25.4 Å². The molecule has 188 valence electrons. The Morgan fingerprint density at radius 1 is 1.05 bits per heavy atom. The number of aromatic nitrogens is 1. The number of anilines is 1. The van der Waals surface area contributed by atoms with Crippen LogP contribution in [0.4, 0.5) is 5.82 Å². The molecule has 1 aliphatic heterocycles. The number of nitrogens with zero attached hydrogens (tertiary/aromatic N) is 1. The van der Waals surface area contributed by atoms with E-state index in [9.17, 15) is 9.59 Å². The molecule has 1 atom stereocenters. The number of Topliss-reactive ketones (excluding diaryl/α,β-unsaturated/α-hetero) is 1. The molecule has 3 aromatic rings. The third kappa shape index (κ3) is 5.11. The normalized spacial score (nSPS) is 17.1. The highest BCUT2D eigenvalue weighted by Gasteiger charge is 2.38. The van der Waals surface area contributed by atoms with E-state index in [4.69, 9.17) is 9.47 Å². The van der Waals surface area contributed by atoms with E-state index in [2.05, 4.69) is 15.6 Å². The summed E-state index contributed by atoms with van der Waals surface area (Å²) in [6.45, 7) is 2.27. The Morgan fingerprint density at radius 2 is 1.86 bits per heavy atom. The van der Waals surface area contributed by atoms with Crippen LogP contribution in [0.5, 0.6) is 11.5 Å². The molecular formula is C30H29N3O4. The predicted molar refractivity (Wildman–Crippen MR) is 141 cm³/mol. The van der Waals surface area contributed by atoms with Crippen LogP contribution in [0.25, 0.3) is 0 Å². The monoisotopic (exact) mass is 495 g/mol. The number of pyridine rings is 1. The predicted octanol–water partition coefficient (Wildman–Crippen LogP) is 5.28. The summed E-state index contributed by atoms with van der Waals surface area (Å²) in [5.41, 5.74) is 4.56. The molecule has 0 bridgehead atoms. The number of rotatable bonds is 7. The summed E-state index contributed by atoms with van der Waals surface area (Å²) in [7, 11) is 1.59. The Balaban J connectivity index is 1.52. The second-order valence-electron chi connectivity index (χ2n) is 9.12. The van der Waals surface area contributed by atoms with Crippen LogP contribution in [0.2, 0.25) is 0 Å². The molecule has 1 aliphatic carbocycles. The number of ether oxygens (including phenoxy) is 2. The van der Waals surface area contributed by atoms with Crippen molar-refractivity contribution in [2.24, 2.45) is 0 Å². The molecule has 2 aliphatic rings. The topological polar surface area (TPSA) is 89.5 Å². The zero-order valence-electron chi connectivity index (χ0n) is 20.9. The van der Waals surface area contributed by atoms with Gasteiger partial charge in [0, 0.05) is 41.1 Å². The van der Waals surface area contributed by atoms with Crippen molar-refractivity contribution < 1.29 is 19.1 Å². The number of amides is 1. The van der Waals surface area contributed by atoms with E-state index in [1.165, 1.54) is 0 Å². The molecule has 0 fully saturated rings. The van der Waals surface area contributed by atoms with Gasteiger partial charge in [0.15, 0.2) is 17.3 Å². The molecule has 0 saturated carbocycles. The largest absolute Gasteiger partial charge is 0.493 e. The highest BCUT2D eigenvalue weighted by Crippen LogP contribution is 2.44. The van der Waals surface area contributed by atoms with Gasteiger partial charge in [-0.05, 0) is 55.2 Å². The Hall–Kier alpha value is -4.39. The van der Waals surface area contributed by atoms with Crippen molar-refractivity contribution in [1.29, 1.82) is 0 Å². The minimum Gasteiger partial charge on any atom is -0.493 e. The van der Waals surface area contributed by atoms with E-state index in [0.717, 1.165) is 35.4 Å². The second kappa shape index (κ2) is 10.7. The fourth-order valence-corrected chi connectivity index (χ4v) is 4.96. The maximum Gasteiger partial charge on any atom is 0.255 e. The van der Waals surface area contributed by atoms with Crippen molar-refractivity contribution in [3.05, 3.63) is 107 Å². The number of benzene rings is 2. The number of allylic oxidation sites excluding steroid dienone is 3. The maximum absolute atomic E-state index is 13.6. The Labute approximate surface area is 216 Å². The Bertz CT molecular complexity index is 1380. The second-order valence-corrected chi connectivity index (χ2v) is 9.12. The molecule has 2 N–H and O–H groups in total. The standard InChI is InChI=1S/C30H29N3O4/c1-19-27(30(35)33-26-13-6-7-16-31-26)28(29-22(32-19)11-8-12-23(29)34)21-14-15-24(25(17-21)36-2)37-18-20-9-4-3-5-10-20/h3-7,9-10,13-17,28,32H,8,11-12,18H2,1-2H3,(H,31,33,35). The van der Waals surface area contributed by atoms with Gasteiger partial charge < -0.3 is 20.1 Å². The molecule has 1 unspecified atom stereocenters. The van der Waals surface area contributed by atoms with Crippen LogP contribution in [0, 0.1) is 0 Å². The summed E-state index contributed by atoms with van der Waals surface area (Å²) in [6, 6.07) is 20.8. The lowest BCUT2D eigenvalue weighted by atomic mass is 9.75. The maximum atomic E-state index is 13.6. The summed E-state index contributed by atoms with van der Waals surface area (Å²) < 4.78 is 11.7. The third-order valence-electron chi connectivity index (χ3n) is 6.69. The fourth-order valence-electron chi connectivity index (χ4n) is 4.96. The molecule has 7 nitrogen and oxygen atoms in total. The summed E-state index contributed by atoms with van der Waals surface area (Å²) in [4.78, 5) is 31.0. The van der Waals surface area contributed by atoms with Gasteiger partial charge >= 0.3 is 0 Å². The number of dihydropyridines is 1. The minimum absolute atomic E-state index is 0.0535. The number of nitrogens with one attached hydrogen (secondary N) is 2. The highest BCUT2D eigenvalue weighted by atomic mass is 16.5. The lowest BCUT2D eigenvalue weighted by Gasteiger charge is -2.34. The molecule has 2 aromatic carbocycles. The lowest BCUT2D eigenvalue weighted by Crippen LogP contribution is -2.35. The quantitative estimate of drug-likeness (QED) is 0.464. The highest BCUT2D eigenvalue weighted by molar-refractivity contribution is 6.09. The molecule has 37 heavy (non-hydrogen) atoms. The average molecular weight is 496 g/mol. The summed E-state index contributed by atoms with van der Waals surface area (Å²) in [6.07, 6.45) is 3.63. The third-order valence-corrected chi connectivity index (χ3v) is 6.69. The summed E-state index contributed by atoms with van der Waals surface area (Å²) >= 11 is 0. The van der Waals surface area contributed by atoms with Crippen LogP contribution in [-0.2, 0) is 16.2 Å². The number of hydrogen-bond donors (Lipinski definition) is 2. The minimum atomic E-state index is -0.537. The molecule has 0 spiro atoms.